The Morgan fingerprint density at radius 2 is 2.22 bits per heavy atom. The lowest BCUT2D eigenvalue weighted by molar-refractivity contribution is 0.0611. The highest BCUT2D eigenvalue weighted by Gasteiger charge is 2.20. The SMILES string of the molecule is CC1(C)COC=NOC1. The number of nitrogens with zero attached hydrogens (tertiary/aromatic N) is 1. The third kappa shape index (κ3) is 1.91. The molecule has 52 valence electrons. The molecule has 0 aromatic heterocycles. The van der Waals surface area contributed by atoms with Gasteiger partial charge in [0.1, 0.15) is 6.61 Å². The predicted molar refractivity (Wildman–Crippen MR) is 34.2 cm³/mol. The van der Waals surface area contributed by atoms with Crippen LogP contribution in [0.4, 0.5) is 0 Å². The van der Waals surface area contributed by atoms with Crippen molar-refractivity contribution in [3.63, 3.8) is 0 Å². The van der Waals surface area contributed by atoms with Crippen molar-refractivity contribution in [2.75, 3.05) is 13.2 Å². The molecular formula is C6H11NO2. The minimum absolute atomic E-state index is 0.0938. The molecule has 3 heteroatoms. The number of rotatable bonds is 0. The summed E-state index contributed by atoms with van der Waals surface area (Å²) >= 11 is 0. The molecule has 0 amide bonds. The molecule has 0 aromatic rings. The van der Waals surface area contributed by atoms with Gasteiger partial charge in [0.15, 0.2) is 0 Å². The molecule has 1 aliphatic rings. The van der Waals surface area contributed by atoms with Crippen molar-refractivity contribution in [3.05, 3.63) is 0 Å². The van der Waals surface area contributed by atoms with Gasteiger partial charge >= 0.3 is 0 Å². The van der Waals surface area contributed by atoms with Crippen LogP contribution in [0, 0.1) is 5.41 Å². The van der Waals surface area contributed by atoms with Crippen LogP contribution in [0.1, 0.15) is 13.8 Å². The summed E-state index contributed by atoms with van der Waals surface area (Å²) in [6.45, 7) is 5.45. The molecule has 1 heterocycles. The Morgan fingerprint density at radius 1 is 1.44 bits per heavy atom. The number of hydrogen-bond donors (Lipinski definition) is 0. The van der Waals surface area contributed by atoms with Crippen LogP contribution >= 0.6 is 0 Å². The van der Waals surface area contributed by atoms with Gasteiger partial charge in [-0.15, -0.1) is 0 Å². The molecule has 0 saturated carbocycles. The zero-order chi connectivity index (χ0) is 6.74. The summed E-state index contributed by atoms with van der Waals surface area (Å²) < 4.78 is 4.99. The van der Waals surface area contributed by atoms with Crippen molar-refractivity contribution >= 4 is 6.40 Å². The monoisotopic (exact) mass is 129 g/mol. The zero-order valence-corrected chi connectivity index (χ0v) is 5.76. The smallest absolute Gasteiger partial charge is 0.212 e. The maximum atomic E-state index is 4.99. The van der Waals surface area contributed by atoms with E-state index in [1.54, 1.807) is 0 Å². The Labute approximate surface area is 54.6 Å². The average Bonchev–Trinajstić information content (AvgIpc) is 1.92. The van der Waals surface area contributed by atoms with Crippen molar-refractivity contribution in [1.29, 1.82) is 0 Å². The van der Waals surface area contributed by atoms with Crippen LogP contribution in [0.15, 0.2) is 5.16 Å². The minimum atomic E-state index is 0.0938. The van der Waals surface area contributed by atoms with E-state index in [4.69, 9.17) is 9.57 Å². The molecule has 0 fully saturated rings. The molecule has 0 saturated heterocycles. The maximum absolute atomic E-state index is 4.99. The molecule has 1 aliphatic heterocycles. The molecule has 1 rings (SSSR count). The van der Waals surface area contributed by atoms with Crippen LogP contribution < -0.4 is 0 Å². The topological polar surface area (TPSA) is 30.8 Å². The van der Waals surface area contributed by atoms with E-state index in [1.165, 1.54) is 6.40 Å². The van der Waals surface area contributed by atoms with E-state index in [9.17, 15) is 0 Å². The molecule has 0 aliphatic carbocycles. The van der Waals surface area contributed by atoms with Gasteiger partial charge in [-0.3, -0.25) is 0 Å². The fraction of sp³-hybridized carbons (Fsp3) is 0.833. The van der Waals surface area contributed by atoms with Gasteiger partial charge in [0, 0.05) is 5.41 Å². The van der Waals surface area contributed by atoms with Gasteiger partial charge in [-0.25, -0.2) is 0 Å². The van der Waals surface area contributed by atoms with Crippen molar-refractivity contribution < 1.29 is 9.57 Å². The molecule has 0 spiro atoms. The van der Waals surface area contributed by atoms with Crippen LogP contribution in [-0.4, -0.2) is 19.6 Å². The third-order valence-electron chi connectivity index (χ3n) is 1.12. The summed E-state index contributed by atoms with van der Waals surface area (Å²) in [6.07, 6.45) is 1.34. The Balaban J connectivity index is 2.44. The second kappa shape index (κ2) is 2.25. The number of oxime groups is 1. The van der Waals surface area contributed by atoms with E-state index in [1.807, 2.05) is 0 Å². The van der Waals surface area contributed by atoms with Crippen molar-refractivity contribution in [2.24, 2.45) is 10.6 Å². The predicted octanol–water partition coefficient (Wildman–Crippen LogP) is 1.00. The van der Waals surface area contributed by atoms with Crippen molar-refractivity contribution in [2.45, 2.75) is 13.8 Å². The molecule has 9 heavy (non-hydrogen) atoms. The van der Waals surface area contributed by atoms with Crippen molar-refractivity contribution in [1.82, 2.24) is 0 Å². The molecule has 0 bridgehead atoms. The number of hydrogen-bond acceptors (Lipinski definition) is 3. The van der Waals surface area contributed by atoms with E-state index in [0.29, 0.717) is 13.2 Å². The number of ether oxygens (including phenoxy) is 1. The molecule has 0 radical (unpaired) electrons. The quantitative estimate of drug-likeness (QED) is 0.488. The van der Waals surface area contributed by atoms with Crippen LogP contribution in [-0.2, 0) is 9.57 Å². The van der Waals surface area contributed by atoms with Gasteiger partial charge in [0.05, 0.1) is 6.61 Å². The lowest BCUT2D eigenvalue weighted by Crippen LogP contribution is -2.22. The highest BCUT2D eigenvalue weighted by Crippen LogP contribution is 2.16. The van der Waals surface area contributed by atoms with Gasteiger partial charge in [0.25, 0.3) is 0 Å². The first-order chi connectivity index (χ1) is 4.21. The van der Waals surface area contributed by atoms with Gasteiger partial charge in [-0.2, -0.15) is 0 Å². The largest absolute Gasteiger partial charge is 0.480 e. The molecular weight excluding hydrogens is 118 g/mol. The molecule has 0 aromatic carbocycles. The maximum Gasteiger partial charge on any atom is 0.212 e. The third-order valence-corrected chi connectivity index (χ3v) is 1.12. The molecule has 0 N–H and O–H groups in total. The van der Waals surface area contributed by atoms with Gasteiger partial charge in [-0.1, -0.05) is 19.0 Å². The summed E-state index contributed by atoms with van der Waals surface area (Å²) in [5, 5.41) is 3.52. The van der Waals surface area contributed by atoms with E-state index in [2.05, 4.69) is 19.0 Å². The Bertz CT molecular complexity index is 108. The molecule has 3 nitrogen and oxygen atoms in total. The first-order valence-electron chi connectivity index (χ1n) is 2.96. The standard InChI is InChI=1S/C6H11NO2/c1-6(2)3-8-5-7-9-4-6/h5H,3-4H2,1-2H3. The Kier molecular flexibility index (Phi) is 1.60. The van der Waals surface area contributed by atoms with Gasteiger partial charge < -0.3 is 9.57 Å². The fourth-order valence-corrected chi connectivity index (χ4v) is 0.577. The van der Waals surface area contributed by atoms with Crippen molar-refractivity contribution in [3.8, 4) is 0 Å². The normalized spacial score (nSPS) is 23.8. The van der Waals surface area contributed by atoms with E-state index in [0.717, 1.165) is 0 Å². The first kappa shape index (κ1) is 6.39. The highest BCUT2D eigenvalue weighted by molar-refractivity contribution is 5.45. The summed E-state index contributed by atoms with van der Waals surface area (Å²) in [7, 11) is 0. The Morgan fingerprint density at radius 3 is 3.00 bits per heavy atom. The van der Waals surface area contributed by atoms with Crippen LogP contribution in [0.2, 0.25) is 0 Å². The van der Waals surface area contributed by atoms with Gasteiger partial charge in [-0.05, 0) is 0 Å². The zero-order valence-electron chi connectivity index (χ0n) is 5.76. The molecule has 0 atom stereocenters. The van der Waals surface area contributed by atoms with E-state index < -0.39 is 0 Å². The minimum Gasteiger partial charge on any atom is -0.480 e. The van der Waals surface area contributed by atoms with Crippen LogP contribution in [0.3, 0.4) is 0 Å². The second-order valence-corrected chi connectivity index (χ2v) is 2.96. The van der Waals surface area contributed by atoms with Crippen LogP contribution in [0.5, 0.6) is 0 Å². The van der Waals surface area contributed by atoms with E-state index >= 15 is 0 Å². The summed E-state index contributed by atoms with van der Waals surface area (Å²) in [6, 6.07) is 0. The lowest BCUT2D eigenvalue weighted by atomic mass is 9.97. The van der Waals surface area contributed by atoms with Crippen LogP contribution in [0.25, 0.3) is 0 Å². The second-order valence-electron chi connectivity index (χ2n) is 2.96. The summed E-state index contributed by atoms with van der Waals surface area (Å²) in [5.41, 5.74) is 0.0938. The first-order valence-corrected chi connectivity index (χ1v) is 2.96. The average molecular weight is 129 g/mol. The summed E-state index contributed by atoms with van der Waals surface area (Å²) in [4.78, 5) is 4.85. The Hall–Kier alpha value is -0.730. The molecule has 0 unspecified atom stereocenters. The fourth-order valence-electron chi connectivity index (χ4n) is 0.577. The lowest BCUT2D eigenvalue weighted by Gasteiger charge is -2.18. The van der Waals surface area contributed by atoms with Gasteiger partial charge in [0.2, 0.25) is 6.40 Å². The van der Waals surface area contributed by atoms with E-state index in [-0.39, 0.29) is 5.41 Å². The highest BCUT2D eigenvalue weighted by atomic mass is 16.7. The summed E-state index contributed by atoms with van der Waals surface area (Å²) in [5.74, 6) is 0.